The van der Waals surface area contributed by atoms with Gasteiger partial charge < -0.3 is 10.4 Å². The third-order valence-electron chi connectivity index (χ3n) is 4.88. The summed E-state index contributed by atoms with van der Waals surface area (Å²) < 4.78 is 1.52. The van der Waals surface area contributed by atoms with E-state index in [-0.39, 0.29) is 22.9 Å². The number of para-hydroxylation sites is 1. The van der Waals surface area contributed by atoms with Crippen LogP contribution in [0, 0.1) is 12.3 Å². The van der Waals surface area contributed by atoms with Gasteiger partial charge in [-0.15, -0.1) is 0 Å². The van der Waals surface area contributed by atoms with Crippen LogP contribution < -0.4 is 10.9 Å². The molecule has 156 valence electrons. The van der Waals surface area contributed by atoms with Crippen molar-refractivity contribution in [2.45, 2.75) is 40.7 Å². The molecule has 30 heavy (non-hydrogen) atoms. The number of phenolic OH excluding ortho intramolecular Hbond substituents is 1. The van der Waals surface area contributed by atoms with Crippen molar-refractivity contribution < 1.29 is 9.90 Å². The number of aromatic nitrogens is 2. The molecule has 0 atom stereocenters. The molecule has 3 aromatic rings. The zero-order valence-corrected chi connectivity index (χ0v) is 17.8. The zero-order valence-electron chi connectivity index (χ0n) is 17.8. The van der Waals surface area contributed by atoms with Gasteiger partial charge >= 0.3 is 0 Å². The summed E-state index contributed by atoms with van der Waals surface area (Å²) in [5, 5.41) is 13.1. The first-order valence-corrected chi connectivity index (χ1v) is 9.93. The highest BCUT2D eigenvalue weighted by atomic mass is 16.3. The molecule has 3 rings (SSSR count). The lowest BCUT2D eigenvalue weighted by molar-refractivity contribution is -0.123. The fourth-order valence-electron chi connectivity index (χ4n) is 3.07. The number of nitrogens with one attached hydrogen (secondary N) is 1. The number of anilines is 1. The number of benzene rings is 2. The molecule has 2 aromatic carbocycles. The molecule has 1 aromatic heterocycles. The average Bonchev–Trinajstić information content (AvgIpc) is 2.70. The van der Waals surface area contributed by atoms with Crippen LogP contribution in [0.2, 0.25) is 0 Å². The second kappa shape index (κ2) is 8.53. The van der Waals surface area contributed by atoms with Gasteiger partial charge in [0.15, 0.2) is 0 Å². The number of phenols is 1. The summed E-state index contributed by atoms with van der Waals surface area (Å²) in [6.45, 7) is 7.41. The molecule has 0 aliphatic carbocycles. The van der Waals surface area contributed by atoms with Gasteiger partial charge in [-0.3, -0.25) is 14.2 Å². The van der Waals surface area contributed by atoms with Crippen LogP contribution in [0.15, 0.2) is 59.4 Å². The standard InChI is InChI=1S/C24H27N3O3/c1-16-20(26-23(30)24(2,3)4)22(29)27(15-14-17-10-6-5-7-11-17)21(25-16)18-12-8-9-13-19(18)28/h5-13,28H,14-15H2,1-4H3,(H,26,30). The number of nitrogens with zero attached hydrogens (tertiary/aromatic N) is 2. The van der Waals surface area contributed by atoms with Gasteiger partial charge in [-0.05, 0) is 31.0 Å². The predicted molar refractivity (Wildman–Crippen MR) is 119 cm³/mol. The third kappa shape index (κ3) is 4.59. The van der Waals surface area contributed by atoms with Crippen molar-refractivity contribution in [2.75, 3.05) is 5.32 Å². The van der Waals surface area contributed by atoms with Crippen molar-refractivity contribution in [1.82, 2.24) is 9.55 Å². The van der Waals surface area contributed by atoms with Crippen molar-refractivity contribution in [2.24, 2.45) is 5.41 Å². The largest absolute Gasteiger partial charge is 0.507 e. The highest BCUT2D eigenvalue weighted by molar-refractivity contribution is 5.94. The summed E-state index contributed by atoms with van der Waals surface area (Å²) in [6.07, 6.45) is 0.610. The molecule has 0 fully saturated rings. The van der Waals surface area contributed by atoms with Gasteiger partial charge in [-0.25, -0.2) is 4.98 Å². The molecule has 0 aliphatic heterocycles. The van der Waals surface area contributed by atoms with Crippen LogP contribution in [-0.2, 0) is 17.8 Å². The summed E-state index contributed by atoms with van der Waals surface area (Å²) in [7, 11) is 0. The lowest BCUT2D eigenvalue weighted by Crippen LogP contribution is -2.34. The van der Waals surface area contributed by atoms with Crippen molar-refractivity contribution in [1.29, 1.82) is 0 Å². The lowest BCUT2D eigenvalue weighted by atomic mass is 9.95. The van der Waals surface area contributed by atoms with E-state index in [2.05, 4.69) is 10.3 Å². The Morgan fingerprint density at radius 3 is 2.33 bits per heavy atom. The highest BCUT2D eigenvalue weighted by Gasteiger charge is 2.25. The van der Waals surface area contributed by atoms with Crippen LogP contribution in [0.1, 0.15) is 32.0 Å². The van der Waals surface area contributed by atoms with Crippen molar-refractivity contribution in [3.05, 3.63) is 76.2 Å². The number of aryl methyl sites for hydroxylation is 2. The first kappa shape index (κ1) is 21.3. The van der Waals surface area contributed by atoms with E-state index in [4.69, 9.17) is 0 Å². The van der Waals surface area contributed by atoms with Crippen LogP contribution in [0.5, 0.6) is 5.75 Å². The van der Waals surface area contributed by atoms with Gasteiger partial charge in [-0.1, -0.05) is 63.2 Å². The maximum Gasteiger partial charge on any atom is 0.277 e. The molecule has 6 heteroatoms. The zero-order chi connectivity index (χ0) is 21.9. The minimum Gasteiger partial charge on any atom is -0.507 e. The molecule has 0 radical (unpaired) electrons. The van der Waals surface area contributed by atoms with E-state index in [9.17, 15) is 14.7 Å². The van der Waals surface area contributed by atoms with E-state index in [1.807, 2.05) is 30.3 Å². The second-order valence-corrected chi connectivity index (χ2v) is 8.31. The van der Waals surface area contributed by atoms with Crippen LogP contribution in [0.4, 0.5) is 5.69 Å². The van der Waals surface area contributed by atoms with E-state index in [1.54, 1.807) is 52.0 Å². The summed E-state index contributed by atoms with van der Waals surface area (Å²) >= 11 is 0. The number of amides is 1. The lowest BCUT2D eigenvalue weighted by Gasteiger charge is -2.20. The Morgan fingerprint density at radius 1 is 1.07 bits per heavy atom. The second-order valence-electron chi connectivity index (χ2n) is 8.31. The Kier molecular flexibility index (Phi) is 6.06. The van der Waals surface area contributed by atoms with E-state index >= 15 is 0 Å². The van der Waals surface area contributed by atoms with Gasteiger partial charge in [0.05, 0.1) is 11.3 Å². The molecule has 0 unspecified atom stereocenters. The molecule has 0 spiro atoms. The smallest absolute Gasteiger partial charge is 0.277 e. The first-order valence-electron chi connectivity index (χ1n) is 9.93. The molecule has 0 bridgehead atoms. The number of carbonyl (C=O) groups excluding carboxylic acids is 1. The number of rotatable bonds is 5. The van der Waals surface area contributed by atoms with E-state index < -0.39 is 5.41 Å². The predicted octanol–water partition coefficient (Wildman–Crippen LogP) is 4.15. The number of hydrogen-bond donors (Lipinski definition) is 2. The molecular weight excluding hydrogens is 378 g/mol. The minimum absolute atomic E-state index is 0.0451. The summed E-state index contributed by atoms with van der Waals surface area (Å²) in [5.41, 5.74) is 1.14. The Hall–Kier alpha value is -3.41. The first-order chi connectivity index (χ1) is 14.2. The van der Waals surface area contributed by atoms with Crippen LogP contribution >= 0.6 is 0 Å². The molecule has 0 saturated carbocycles. The minimum atomic E-state index is -0.649. The Morgan fingerprint density at radius 2 is 1.70 bits per heavy atom. The van der Waals surface area contributed by atoms with E-state index in [0.29, 0.717) is 30.0 Å². The van der Waals surface area contributed by atoms with Crippen LogP contribution in [0.25, 0.3) is 11.4 Å². The maximum absolute atomic E-state index is 13.4. The Balaban J connectivity index is 2.11. The number of hydrogen-bond acceptors (Lipinski definition) is 4. The fourth-order valence-corrected chi connectivity index (χ4v) is 3.07. The molecule has 0 saturated heterocycles. The quantitative estimate of drug-likeness (QED) is 0.668. The molecule has 1 amide bonds. The van der Waals surface area contributed by atoms with Crippen LogP contribution in [-0.4, -0.2) is 20.6 Å². The fraction of sp³-hybridized carbons (Fsp3) is 0.292. The van der Waals surface area contributed by atoms with Gasteiger partial charge in [0.2, 0.25) is 5.91 Å². The third-order valence-corrected chi connectivity index (χ3v) is 4.88. The molecule has 1 heterocycles. The maximum atomic E-state index is 13.4. The monoisotopic (exact) mass is 405 g/mol. The average molecular weight is 405 g/mol. The normalized spacial score (nSPS) is 11.3. The van der Waals surface area contributed by atoms with Gasteiger partial charge in [0.25, 0.3) is 5.56 Å². The highest BCUT2D eigenvalue weighted by Crippen LogP contribution is 2.28. The van der Waals surface area contributed by atoms with Crippen molar-refractivity contribution in [3.63, 3.8) is 0 Å². The number of aromatic hydroxyl groups is 1. The molecule has 0 aliphatic rings. The van der Waals surface area contributed by atoms with E-state index in [1.165, 1.54) is 4.57 Å². The number of carbonyl (C=O) groups is 1. The van der Waals surface area contributed by atoms with Gasteiger partial charge in [0.1, 0.15) is 17.3 Å². The summed E-state index contributed by atoms with van der Waals surface area (Å²) in [4.78, 5) is 30.5. The molecule has 2 N–H and O–H groups in total. The van der Waals surface area contributed by atoms with Gasteiger partial charge in [0, 0.05) is 12.0 Å². The summed E-state index contributed by atoms with van der Waals surface area (Å²) in [6, 6.07) is 16.6. The van der Waals surface area contributed by atoms with Crippen LogP contribution in [0.3, 0.4) is 0 Å². The Bertz CT molecular complexity index is 1110. The molecule has 6 nitrogen and oxygen atoms in total. The summed E-state index contributed by atoms with van der Waals surface area (Å²) in [5.74, 6) is 0.165. The van der Waals surface area contributed by atoms with Gasteiger partial charge in [-0.2, -0.15) is 0 Å². The SMILES string of the molecule is Cc1nc(-c2ccccc2O)n(CCc2ccccc2)c(=O)c1NC(=O)C(C)(C)C. The van der Waals surface area contributed by atoms with Crippen molar-refractivity contribution in [3.8, 4) is 17.1 Å². The van der Waals surface area contributed by atoms with E-state index in [0.717, 1.165) is 5.56 Å². The topological polar surface area (TPSA) is 84.2 Å². The van der Waals surface area contributed by atoms with Crippen molar-refractivity contribution >= 4 is 11.6 Å². The Labute approximate surface area is 176 Å². The molecular formula is C24H27N3O3.